The second kappa shape index (κ2) is 10.1. The lowest BCUT2D eigenvalue weighted by atomic mass is 9.88. The molecule has 9 nitrogen and oxygen atoms in total. The summed E-state index contributed by atoms with van der Waals surface area (Å²) >= 11 is 0. The zero-order valence-electron chi connectivity index (χ0n) is 15.9. The maximum Gasteiger partial charge on any atom is 0.252 e. The Kier molecular flexibility index (Phi) is 7.32. The molecule has 0 aliphatic carbocycles. The van der Waals surface area contributed by atoms with E-state index in [-0.39, 0.29) is 29.6 Å². The van der Waals surface area contributed by atoms with Gasteiger partial charge in [0.25, 0.3) is 5.91 Å². The summed E-state index contributed by atoms with van der Waals surface area (Å²) in [5.41, 5.74) is 0.481. The van der Waals surface area contributed by atoms with Gasteiger partial charge in [-0.2, -0.15) is 0 Å². The monoisotopic (exact) mass is 389 g/mol. The zero-order valence-corrected chi connectivity index (χ0v) is 15.9. The van der Waals surface area contributed by atoms with Gasteiger partial charge in [-0.3, -0.25) is 19.4 Å². The number of ether oxygens (including phenoxy) is 1. The van der Waals surface area contributed by atoms with E-state index < -0.39 is 0 Å². The van der Waals surface area contributed by atoms with Crippen molar-refractivity contribution in [2.24, 2.45) is 11.8 Å². The first kappa shape index (κ1) is 20.2. The first-order chi connectivity index (χ1) is 13.6. The maximum atomic E-state index is 12.6. The second-order valence-corrected chi connectivity index (χ2v) is 7.01. The molecule has 3 rings (SSSR count). The van der Waals surface area contributed by atoms with Gasteiger partial charge in [-0.05, 0) is 18.6 Å². The van der Waals surface area contributed by atoms with E-state index >= 15 is 0 Å². The average molecular weight is 389 g/mol. The third-order valence-electron chi connectivity index (χ3n) is 5.03. The van der Waals surface area contributed by atoms with Crippen LogP contribution in [0.1, 0.15) is 16.8 Å². The van der Waals surface area contributed by atoms with Crippen molar-refractivity contribution >= 4 is 17.7 Å². The molecule has 0 aromatic carbocycles. The number of piperidine rings is 1. The van der Waals surface area contributed by atoms with Crippen molar-refractivity contribution in [3.05, 3.63) is 30.1 Å². The standard InChI is InChI=1S/C19H27N5O4/c25-17(14-2-1-3-20-11-14)22-4-5-23-18(26)15-10-16(13-21-12-15)19(27)24-6-8-28-9-7-24/h1-3,11,15-16,21H,4-10,12-13H2,(H,22,25)(H,23,26)/t15-,16+/m0/s1. The smallest absolute Gasteiger partial charge is 0.252 e. The number of hydrogen-bond donors (Lipinski definition) is 3. The SMILES string of the molecule is O=C(NCCNC(=O)[C@@H]1CNC[C@H](C(=O)N2CCOCC2)C1)c1cccnc1. The van der Waals surface area contributed by atoms with E-state index in [9.17, 15) is 14.4 Å². The number of hydrogen-bond acceptors (Lipinski definition) is 6. The summed E-state index contributed by atoms with van der Waals surface area (Å²) in [5, 5.41) is 8.79. The van der Waals surface area contributed by atoms with Gasteiger partial charge in [-0.15, -0.1) is 0 Å². The highest BCUT2D eigenvalue weighted by Crippen LogP contribution is 2.19. The van der Waals surface area contributed by atoms with Crippen molar-refractivity contribution in [3.8, 4) is 0 Å². The van der Waals surface area contributed by atoms with E-state index in [1.807, 2.05) is 4.90 Å². The fraction of sp³-hybridized carbons (Fsp3) is 0.579. The predicted octanol–water partition coefficient (Wildman–Crippen LogP) is -0.988. The van der Waals surface area contributed by atoms with Crippen molar-refractivity contribution < 1.29 is 19.1 Å². The fourth-order valence-electron chi connectivity index (χ4n) is 3.48. The molecule has 0 saturated carbocycles. The maximum absolute atomic E-state index is 12.6. The van der Waals surface area contributed by atoms with Gasteiger partial charge in [0.1, 0.15) is 0 Å². The molecule has 9 heteroatoms. The first-order valence-electron chi connectivity index (χ1n) is 9.68. The molecule has 0 unspecified atom stereocenters. The molecular formula is C19H27N5O4. The van der Waals surface area contributed by atoms with E-state index in [0.717, 1.165) is 0 Å². The average Bonchev–Trinajstić information content (AvgIpc) is 2.77. The van der Waals surface area contributed by atoms with Crippen LogP contribution in [0, 0.1) is 11.8 Å². The molecule has 2 fully saturated rings. The number of rotatable bonds is 6. The quantitative estimate of drug-likeness (QED) is 0.539. The van der Waals surface area contributed by atoms with Crippen LogP contribution in [0.3, 0.4) is 0 Å². The molecule has 3 N–H and O–H groups in total. The molecule has 1 aromatic rings. The van der Waals surface area contributed by atoms with Gasteiger partial charge in [0, 0.05) is 51.7 Å². The molecule has 2 aliphatic heterocycles. The molecule has 152 valence electrons. The van der Waals surface area contributed by atoms with Crippen LogP contribution >= 0.6 is 0 Å². The minimum Gasteiger partial charge on any atom is -0.378 e. The van der Waals surface area contributed by atoms with Crippen molar-refractivity contribution in [1.29, 1.82) is 0 Å². The molecule has 2 aliphatic rings. The largest absolute Gasteiger partial charge is 0.378 e. The molecule has 28 heavy (non-hydrogen) atoms. The molecular weight excluding hydrogens is 362 g/mol. The van der Waals surface area contributed by atoms with Crippen LogP contribution in [0.25, 0.3) is 0 Å². The summed E-state index contributed by atoms with van der Waals surface area (Å²) in [5.74, 6) is -0.664. The second-order valence-electron chi connectivity index (χ2n) is 7.01. The number of carbonyl (C=O) groups is 3. The van der Waals surface area contributed by atoms with E-state index in [1.54, 1.807) is 18.3 Å². The fourth-order valence-corrected chi connectivity index (χ4v) is 3.48. The van der Waals surface area contributed by atoms with Crippen molar-refractivity contribution in [2.75, 3.05) is 52.5 Å². The van der Waals surface area contributed by atoms with Crippen LogP contribution < -0.4 is 16.0 Å². The van der Waals surface area contributed by atoms with E-state index in [0.29, 0.717) is 64.5 Å². The van der Waals surface area contributed by atoms with Gasteiger partial charge in [0.15, 0.2) is 0 Å². The van der Waals surface area contributed by atoms with Crippen LogP contribution in [-0.2, 0) is 14.3 Å². The zero-order chi connectivity index (χ0) is 19.8. The molecule has 3 heterocycles. The number of amides is 3. The van der Waals surface area contributed by atoms with Crippen molar-refractivity contribution in [1.82, 2.24) is 25.8 Å². The minimum absolute atomic E-state index is 0.0945. The third-order valence-corrected chi connectivity index (χ3v) is 5.03. The molecule has 2 atom stereocenters. The topological polar surface area (TPSA) is 113 Å². The van der Waals surface area contributed by atoms with Crippen molar-refractivity contribution in [2.45, 2.75) is 6.42 Å². The van der Waals surface area contributed by atoms with Crippen LogP contribution in [0.4, 0.5) is 0 Å². The Bertz CT molecular complexity index is 678. The third kappa shape index (κ3) is 5.49. The van der Waals surface area contributed by atoms with E-state index in [1.165, 1.54) is 6.20 Å². The normalized spacial score (nSPS) is 22.4. The van der Waals surface area contributed by atoms with Gasteiger partial charge in [0.05, 0.1) is 30.6 Å². The Balaban J connectivity index is 1.39. The number of morpholine rings is 1. The minimum atomic E-state index is -0.252. The lowest BCUT2D eigenvalue weighted by molar-refractivity contribution is -0.141. The summed E-state index contributed by atoms with van der Waals surface area (Å²) in [6, 6.07) is 3.38. The summed E-state index contributed by atoms with van der Waals surface area (Å²) in [6.45, 7) is 4.19. The van der Waals surface area contributed by atoms with E-state index in [4.69, 9.17) is 4.74 Å². The summed E-state index contributed by atoms with van der Waals surface area (Å²) in [6.07, 6.45) is 3.64. The highest BCUT2D eigenvalue weighted by atomic mass is 16.5. The lowest BCUT2D eigenvalue weighted by Crippen LogP contribution is -2.51. The Hall–Kier alpha value is -2.52. The molecule has 0 radical (unpaired) electrons. The number of aromatic nitrogens is 1. The molecule has 0 spiro atoms. The number of carbonyl (C=O) groups excluding carboxylic acids is 3. The van der Waals surface area contributed by atoms with E-state index in [2.05, 4.69) is 20.9 Å². The van der Waals surface area contributed by atoms with Crippen LogP contribution in [0.15, 0.2) is 24.5 Å². The number of nitrogens with zero attached hydrogens (tertiary/aromatic N) is 2. The summed E-state index contributed by atoms with van der Waals surface area (Å²) < 4.78 is 5.29. The van der Waals surface area contributed by atoms with Gasteiger partial charge in [-0.1, -0.05) is 0 Å². The molecule has 1 aromatic heterocycles. The number of pyridine rings is 1. The van der Waals surface area contributed by atoms with Gasteiger partial charge in [0.2, 0.25) is 11.8 Å². The Labute approximate surface area is 164 Å². The Morgan fingerprint density at radius 2 is 1.89 bits per heavy atom. The van der Waals surface area contributed by atoms with Gasteiger partial charge >= 0.3 is 0 Å². The van der Waals surface area contributed by atoms with Crippen LogP contribution in [0.2, 0.25) is 0 Å². The summed E-state index contributed by atoms with van der Waals surface area (Å²) in [7, 11) is 0. The van der Waals surface area contributed by atoms with Crippen LogP contribution in [-0.4, -0.2) is 80.1 Å². The lowest BCUT2D eigenvalue weighted by Gasteiger charge is -2.34. The predicted molar refractivity (Wildman–Crippen MR) is 101 cm³/mol. The molecule has 2 saturated heterocycles. The van der Waals surface area contributed by atoms with Gasteiger partial charge < -0.3 is 25.6 Å². The highest BCUT2D eigenvalue weighted by Gasteiger charge is 2.33. The van der Waals surface area contributed by atoms with Crippen molar-refractivity contribution in [3.63, 3.8) is 0 Å². The highest BCUT2D eigenvalue weighted by molar-refractivity contribution is 5.93. The number of nitrogens with one attached hydrogen (secondary N) is 3. The Morgan fingerprint density at radius 1 is 1.14 bits per heavy atom. The molecule has 0 bridgehead atoms. The first-order valence-corrected chi connectivity index (χ1v) is 9.68. The van der Waals surface area contributed by atoms with Crippen LogP contribution in [0.5, 0.6) is 0 Å². The Morgan fingerprint density at radius 3 is 2.64 bits per heavy atom. The summed E-state index contributed by atoms with van der Waals surface area (Å²) in [4.78, 5) is 42.7. The molecule has 3 amide bonds. The van der Waals surface area contributed by atoms with Gasteiger partial charge in [-0.25, -0.2) is 0 Å².